The van der Waals surface area contributed by atoms with E-state index in [0.717, 1.165) is 6.26 Å². The van der Waals surface area contributed by atoms with Crippen LogP contribution >= 0.6 is 0 Å². The monoisotopic (exact) mass is 489 g/mol. The number of amides is 1. The molecule has 11 heteroatoms. The second-order valence-corrected chi connectivity index (χ2v) is 11.0. The third-order valence-electron chi connectivity index (χ3n) is 6.69. The van der Waals surface area contributed by atoms with Gasteiger partial charge < -0.3 is 14.5 Å². The van der Waals surface area contributed by atoms with Crippen molar-refractivity contribution in [3.05, 3.63) is 30.1 Å². The van der Waals surface area contributed by atoms with Crippen molar-refractivity contribution in [3.63, 3.8) is 0 Å². The summed E-state index contributed by atoms with van der Waals surface area (Å²) in [6.45, 7) is 1.55. The van der Waals surface area contributed by atoms with Crippen LogP contribution in [0, 0.1) is 11.7 Å². The van der Waals surface area contributed by atoms with E-state index < -0.39 is 46.3 Å². The Balaban J connectivity index is 1.39. The van der Waals surface area contributed by atoms with E-state index in [1.165, 1.54) is 11.0 Å². The van der Waals surface area contributed by atoms with Crippen molar-refractivity contribution in [1.29, 1.82) is 0 Å². The van der Waals surface area contributed by atoms with Crippen molar-refractivity contribution in [3.8, 4) is 0 Å². The predicted octanol–water partition coefficient (Wildman–Crippen LogP) is 2.38. The fourth-order valence-electron chi connectivity index (χ4n) is 4.84. The molecule has 33 heavy (non-hydrogen) atoms. The molecule has 3 atom stereocenters. The third-order valence-corrected chi connectivity index (χ3v) is 7.42. The molecule has 2 saturated heterocycles. The summed E-state index contributed by atoms with van der Waals surface area (Å²) in [4.78, 5) is 16.1. The van der Waals surface area contributed by atoms with E-state index in [1.807, 2.05) is 4.90 Å². The van der Waals surface area contributed by atoms with E-state index in [2.05, 4.69) is 4.72 Å². The van der Waals surface area contributed by atoms with E-state index in [-0.39, 0.29) is 18.5 Å². The number of para-hydroxylation sites is 1. The smallest absolute Gasteiger partial charge is 0.260 e. The molecule has 0 bridgehead atoms. The van der Waals surface area contributed by atoms with Crippen LogP contribution < -0.4 is 9.62 Å². The molecule has 1 aromatic carbocycles. The molecule has 0 spiro atoms. The van der Waals surface area contributed by atoms with Gasteiger partial charge in [-0.2, -0.15) is 0 Å². The first-order valence-corrected chi connectivity index (χ1v) is 13.2. The van der Waals surface area contributed by atoms with Crippen molar-refractivity contribution >= 4 is 21.6 Å². The molecule has 1 aromatic rings. The van der Waals surface area contributed by atoms with Crippen molar-refractivity contribution in [2.75, 3.05) is 37.4 Å². The number of carbonyl (C=O) groups is 1. The number of likely N-dealkylation sites (tertiary alicyclic amines) is 1. The molecule has 3 fully saturated rings. The Hall–Kier alpha value is -1.85. The Kier molecular flexibility index (Phi) is 6.93. The molecule has 2 heterocycles. The van der Waals surface area contributed by atoms with E-state index in [4.69, 9.17) is 4.74 Å². The first-order chi connectivity index (χ1) is 15.5. The predicted molar refractivity (Wildman–Crippen MR) is 117 cm³/mol. The highest BCUT2D eigenvalue weighted by Gasteiger charge is 2.63. The lowest BCUT2D eigenvalue weighted by Crippen LogP contribution is -2.59. The van der Waals surface area contributed by atoms with Gasteiger partial charge in [0.15, 0.2) is 0 Å². The summed E-state index contributed by atoms with van der Waals surface area (Å²) >= 11 is 0. The number of hydrogen-bond acceptors (Lipinski definition) is 5. The maximum atomic E-state index is 14.1. The Labute approximate surface area is 192 Å². The van der Waals surface area contributed by atoms with Crippen molar-refractivity contribution in [1.82, 2.24) is 9.62 Å². The van der Waals surface area contributed by atoms with Gasteiger partial charge in [0.2, 0.25) is 15.9 Å². The number of nitrogens with zero attached hydrogens (tertiary/aromatic N) is 2. The Morgan fingerprint density at radius 2 is 1.85 bits per heavy atom. The summed E-state index contributed by atoms with van der Waals surface area (Å²) in [5, 5.41) is 0. The van der Waals surface area contributed by atoms with Gasteiger partial charge in [0, 0.05) is 32.1 Å². The van der Waals surface area contributed by atoms with Crippen LogP contribution in [0.5, 0.6) is 0 Å². The fraction of sp³-hybridized carbons (Fsp3) is 0.682. The Morgan fingerprint density at radius 3 is 2.45 bits per heavy atom. The second-order valence-electron chi connectivity index (χ2n) is 9.23. The molecule has 2 aliphatic heterocycles. The van der Waals surface area contributed by atoms with Crippen LogP contribution in [0.1, 0.15) is 32.1 Å². The number of sulfonamides is 1. The summed E-state index contributed by atoms with van der Waals surface area (Å²) in [7, 11) is -3.55. The molecule has 0 radical (unpaired) electrons. The van der Waals surface area contributed by atoms with Crippen molar-refractivity contribution < 1.29 is 31.1 Å². The highest BCUT2D eigenvalue weighted by Crippen LogP contribution is 2.50. The largest absolute Gasteiger partial charge is 0.376 e. The molecular weight excluding hydrogens is 459 g/mol. The molecule has 3 aliphatic rings. The minimum absolute atomic E-state index is 0.0571. The molecule has 1 aliphatic carbocycles. The maximum Gasteiger partial charge on any atom is 0.260 e. The van der Waals surface area contributed by atoms with Gasteiger partial charge >= 0.3 is 0 Å². The molecular formula is C22H30F3N3O4S. The summed E-state index contributed by atoms with van der Waals surface area (Å²) in [6.07, 6.45) is 2.73. The van der Waals surface area contributed by atoms with Gasteiger partial charge in [-0.05, 0) is 37.8 Å². The zero-order chi connectivity index (χ0) is 23.8. The molecule has 4 rings (SSSR count). The minimum atomic E-state index is -3.55. The third kappa shape index (κ3) is 5.81. The number of hydrogen-bond donors (Lipinski definition) is 1. The topological polar surface area (TPSA) is 79.0 Å². The number of carbonyl (C=O) groups excluding carboxylic acids is 1. The van der Waals surface area contributed by atoms with E-state index >= 15 is 0 Å². The Bertz CT molecular complexity index is 969. The molecule has 1 N–H and O–H groups in total. The van der Waals surface area contributed by atoms with Gasteiger partial charge in [0.25, 0.3) is 5.92 Å². The number of halogens is 3. The SMILES string of the molecule is CS(=O)(=O)NC1CCCN(C(=O)C2CC2(F)F)C1COC1CCN(c2ccccc2F)CC1. The van der Waals surface area contributed by atoms with Crippen LogP contribution in [-0.2, 0) is 19.6 Å². The molecule has 7 nitrogen and oxygen atoms in total. The molecule has 184 valence electrons. The maximum absolute atomic E-state index is 14.1. The minimum Gasteiger partial charge on any atom is -0.376 e. The van der Waals surface area contributed by atoms with Crippen LogP contribution in [0.15, 0.2) is 24.3 Å². The zero-order valence-electron chi connectivity index (χ0n) is 18.6. The fourth-order valence-corrected chi connectivity index (χ4v) is 5.66. The summed E-state index contributed by atoms with van der Waals surface area (Å²) < 4.78 is 73.5. The van der Waals surface area contributed by atoms with Crippen LogP contribution in [0.4, 0.5) is 18.9 Å². The number of ether oxygens (including phenoxy) is 1. The average Bonchev–Trinajstić information content (AvgIpc) is 3.40. The number of nitrogens with one attached hydrogen (secondary N) is 1. The van der Waals surface area contributed by atoms with Crippen LogP contribution in [0.2, 0.25) is 0 Å². The number of rotatable bonds is 7. The van der Waals surface area contributed by atoms with E-state index in [0.29, 0.717) is 51.0 Å². The van der Waals surface area contributed by atoms with E-state index in [1.54, 1.807) is 18.2 Å². The quantitative estimate of drug-likeness (QED) is 0.636. The molecule has 1 saturated carbocycles. The average molecular weight is 490 g/mol. The second kappa shape index (κ2) is 9.42. The van der Waals surface area contributed by atoms with Crippen LogP contribution in [0.25, 0.3) is 0 Å². The van der Waals surface area contributed by atoms with Gasteiger partial charge in [0.05, 0.1) is 30.7 Å². The highest BCUT2D eigenvalue weighted by atomic mass is 32.2. The highest BCUT2D eigenvalue weighted by molar-refractivity contribution is 7.88. The molecule has 3 unspecified atom stereocenters. The van der Waals surface area contributed by atoms with Gasteiger partial charge in [-0.3, -0.25) is 4.79 Å². The standard InChI is InChI=1S/C22H30F3N3O4S/c1-33(30,31)26-18-6-4-10-28(21(29)16-13-22(16,24)25)20(18)14-32-15-8-11-27(12-9-15)19-7-3-2-5-17(19)23/h2-3,5,7,15-16,18,20,26H,4,6,8-14H2,1H3. The summed E-state index contributed by atoms with van der Waals surface area (Å²) in [6, 6.07) is 5.34. The van der Waals surface area contributed by atoms with Crippen LogP contribution in [0.3, 0.4) is 0 Å². The zero-order valence-corrected chi connectivity index (χ0v) is 19.4. The van der Waals surface area contributed by atoms with Gasteiger partial charge in [-0.15, -0.1) is 0 Å². The first kappa shape index (κ1) is 24.3. The number of piperidine rings is 2. The lowest BCUT2D eigenvalue weighted by molar-refractivity contribution is -0.142. The molecule has 1 amide bonds. The lowest BCUT2D eigenvalue weighted by Gasteiger charge is -2.42. The first-order valence-electron chi connectivity index (χ1n) is 11.3. The summed E-state index contributed by atoms with van der Waals surface area (Å²) in [5.74, 6) is -5.23. The lowest BCUT2D eigenvalue weighted by atomic mass is 9.96. The van der Waals surface area contributed by atoms with Gasteiger partial charge in [-0.25, -0.2) is 26.3 Å². The number of benzene rings is 1. The van der Waals surface area contributed by atoms with Gasteiger partial charge in [0.1, 0.15) is 11.7 Å². The summed E-state index contributed by atoms with van der Waals surface area (Å²) in [5.41, 5.74) is 0.544. The van der Waals surface area contributed by atoms with E-state index in [9.17, 15) is 26.4 Å². The normalized spacial score (nSPS) is 28.1. The van der Waals surface area contributed by atoms with Crippen LogP contribution in [-0.4, -0.2) is 75.8 Å². The van der Waals surface area contributed by atoms with Crippen molar-refractivity contribution in [2.24, 2.45) is 5.92 Å². The van der Waals surface area contributed by atoms with Crippen molar-refractivity contribution in [2.45, 2.75) is 56.2 Å². The number of anilines is 1. The molecule has 0 aromatic heterocycles. The number of alkyl halides is 2. The van der Waals surface area contributed by atoms with Gasteiger partial charge in [-0.1, -0.05) is 12.1 Å². The Morgan fingerprint density at radius 1 is 1.18 bits per heavy atom.